The van der Waals surface area contributed by atoms with Gasteiger partial charge in [-0.05, 0) is 25.5 Å². The van der Waals surface area contributed by atoms with Crippen LogP contribution in [0.3, 0.4) is 0 Å². The molecule has 0 unspecified atom stereocenters. The normalized spacial score (nSPS) is 10.5. The van der Waals surface area contributed by atoms with Crippen LogP contribution in [0.15, 0.2) is 29.6 Å². The molecule has 0 aliphatic carbocycles. The summed E-state index contributed by atoms with van der Waals surface area (Å²) < 4.78 is 0. The highest BCUT2D eigenvalue weighted by Gasteiger charge is 2.15. The summed E-state index contributed by atoms with van der Waals surface area (Å²) in [5.41, 5.74) is 9.25. The Morgan fingerprint density at radius 3 is 2.59 bits per heavy atom. The minimum atomic E-state index is -0.233. The van der Waals surface area contributed by atoms with Crippen LogP contribution in [0.2, 0.25) is 0 Å². The molecule has 8 heteroatoms. The molecule has 0 radical (unpaired) electrons. The molecule has 0 fully saturated rings. The largest absolute Gasteiger partial charge is 0.330 e. The molecule has 5 nitrogen and oxygen atoms in total. The van der Waals surface area contributed by atoms with Crippen LogP contribution in [0.1, 0.15) is 39.3 Å². The summed E-state index contributed by atoms with van der Waals surface area (Å²) >= 11 is 2.93. The van der Waals surface area contributed by atoms with E-state index in [1.807, 2.05) is 6.92 Å². The van der Waals surface area contributed by atoms with Crippen molar-refractivity contribution in [1.29, 1.82) is 0 Å². The van der Waals surface area contributed by atoms with Gasteiger partial charge in [0.2, 0.25) is 0 Å². The molecular formula is C19H23ClN4OS2. The van der Waals surface area contributed by atoms with Crippen LogP contribution in [-0.2, 0) is 12.8 Å². The maximum absolute atomic E-state index is 12.4. The van der Waals surface area contributed by atoms with Crippen molar-refractivity contribution in [2.75, 3.05) is 11.9 Å². The molecule has 0 saturated carbocycles. The Bertz CT molecular complexity index is 890. The molecule has 0 aliphatic heterocycles. The molecule has 1 amide bonds. The van der Waals surface area contributed by atoms with Gasteiger partial charge >= 0.3 is 0 Å². The zero-order chi connectivity index (χ0) is 18.5. The molecule has 3 rings (SSSR count). The second kappa shape index (κ2) is 9.94. The highest BCUT2D eigenvalue weighted by Crippen LogP contribution is 2.31. The zero-order valence-corrected chi connectivity index (χ0v) is 17.8. The average Bonchev–Trinajstić information content (AvgIpc) is 3.23. The van der Waals surface area contributed by atoms with Crippen molar-refractivity contribution < 1.29 is 4.79 Å². The van der Waals surface area contributed by atoms with Crippen molar-refractivity contribution in [2.24, 2.45) is 5.73 Å². The average molecular weight is 423 g/mol. The number of hydrogen-bond donors (Lipinski definition) is 2. The molecule has 3 N–H and O–H groups in total. The maximum Gasteiger partial charge on any atom is 0.276 e. The van der Waals surface area contributed by atoms with Crippen LogP contribution < -0.4 is 11.1 Å². The van der Waals surface area contributed by atoms with Crippen molar-refractivity contribution in [3.05, 3.63) is 50.8 Å². The van der Waals surface area contributed by atoms with Gasteiger partial charge in [0.1, 0.15) is 5.69 Å². The molecule has 144 valence electrons. The number of amides is 1. The highest BCUT2D eigenvalue weighted by molar-refractivity contribution is 7.16. The fourth-order valence-corrected chi connectivity index (χ4v) is 4.28. The summed E-state index contributed by atoms with van der Waals surface area (Å²) in [4.78, 5) is 22.4. The second-order valence-electron chi connectivity index (χ2n) is 5.99. The van der Waals surface area contributed by atoms with Crippen molar-refractivity contribution >= 4 is 46.1 Å². The summed E-state index contributed by atoms with van der Waals surface area (Å²) in [5, 5.41) is 6.08. The summed E-state index contributed by atoms with van der Waals surface area (Å²) in [6, 6.07) is 8.48. The zero-order valence-electron chi connectivity index (χ0n) is 15.3. The second-order valence-corrected chi connectivity index (χ2v) is 8.14. The van der Waals surface area contributed by atoms with Crippen LogP contribution >= 0.6 is 35.1 Å². The van der Waals surface area contributed by atoms with E-state index in [9.17, 15) is 4.79 Å². The summed E-state index contributed by atoms with van der Waals surface area (Å²) in [6.45, 7) is 4.72. The van der Waals surface area contributed by atoms with Crippen molar-refractivity contribution in [3.8, 4) is 11.3 Å². The van der Waals surface area contributed by atoms with E-state index in [0.717, 1.165) is 34.0 Å². The molecule has 0 atom stereocenters. The van der Waals surface area contributed by atoms with Crippen LogP contribution in [0.5, 0.6) is 0 Å². The number of nitrogens with one attached hydrogen (secondary N) is 1. The molecular weight excluding hydrogens is 400 g/mol. The quantitative estimate of drug-likeness (QED) is 0.578. The topological polar surface area (TPSA) is 80.9 Å². The number of carbonyl (C=O) groups excluding carboxylic acids is 1. The third-order valence-corrected chi connectivity index (χ3v) is 5.72. The lowest BCUT2D eigenvalue weighted by molar-refractivity contribution is 0.102. The Labute approximate surface area is 173 Å². The van der Waals surface area contributed by atoms with Gasteiger partial charge in [-0.2, -0.15) is 0 Å². The van der Waals surface area contributed by atoms with Crippen LogP contribution in [-0.4, -0.2) is 22.4 Å². The van der Waals surface area contributed by atoms with Gasteiger partial charge in [0, 0.05) is 22.2 Å². The predicted octanol–water partition coefficient (Wildman–Crippen LogP) is 4.70. The van der Waals surface area contributed by atoms with Gasteiger partial charge < -0.3 is 5.73 Å². The number of aromatic nitrogens is 2. The molecule has 3 aromatic rings. The standard InChI is InChI=1S/C19H22N4OS2.ClH/c1-3-4-13-5-7-14(8-6-13)17-12(2)26-19(22-17)23-18(24)15-11-25-16(21-15)9-10-20;/h5-8,11H,3-4,9-10,20H2,1-2H3,(H,22,23,24);1H. The minimum Gasteiger partial charge on any atom is -0.330 e. The smallest absolute Gasteiger partial charge is 0.276 e. The molecule has 2 heterocycles. The monoisotopic (exact) mass is 422 g/mol. The van der Waals surface area contributed by atoms with Crippen molar-refractivity contribution in [2.45, 2.75) is 33.1 Å². The van der Waals surface area contributed by atoms with Crippen molar-refractivity contribution in [3.63, 3.8) is 0 Å². The van der Waals surface area contributed by atoms with Gasteiger partial charge in [-0.1, -0.05) is 37.6 Å². The Hall–Kier alpha value is -1.80. The van der Waals surface area contributed by atoms with E-state index in [-0.39, 0.29) is 18.3 Å². The van der Waals surface area contributed by atoms with Gasteiger partial charge in [0.15, 0.2) is 5.13 Å². The Morgan fingerprint density at radius 2 is 1.93 bits per heavy atom. The predicted molar refractivity (Wildman–Crippen MR) is 116 cm³/mol. The minimum absolute atomic E-state index is 0. The fourth-order valence-electron chi connectivity index (χ4n) is 2.65. The van der Waals surface area contributed by atoms with E-state index in [2.05, 4.69) is 46.5 Å². The highest BCUT2D eigenvalue weighted by atomic mass is 35.5. The van der Waals surface area contributed by atoms with Gasteiger partial charge in [-0.15, -0.1) is 35.1 Å². The van der Waals surface area contributed by atoms with Gasteiger partial charge in [0.25, 0.3) is 5.91 Å². The van der Waals surface area contributed by atoms with Crippen LogP contribution in [0.4, 0.5) is 5.13 Å². The number of carbonyl (C=O) groups is 1. The van der Waals surface area contributed by atoms with Crippen molar-refractivity contribution in [1.82, 2.24) is 9.97 Å². The number of nitrogens with two attached hydrogens (primary N) is 1. The van der Waals surface area contributed by atoms with Gasteiger partial charge in [-0.25, -0.2) is 9.97 Å². The third-order valence-electron chi connectivity index (χ3n) is 3.93. The van der Waals surface area contributed by atoms with Gasteiger partial charge in [-0.3, -0.25) is 10.1 Å². The van der Waals surface area contributed by atoms with Crippen LogP contribution in [0.25, 0.3) is 11.3 Å². The van der Waals surface area contributed by atoms with E-state index in [4.69, 9.17) is 5.73 Å². The Kier molecular flexibility index (Phi) is 7.91. The van der Waals surface area contributed by atoms with Gasteiger partial charge in [0.05, 0.1) is 10.7 Å². The first kappa shape index (κ1) is 21.5. The lowest BCUT2D eigenvalue weighted by Gasteiger charge is -2.02. The summed E-state index contributed by atoms with van der Waals surface area (Å²) in [5.74, 6) is -0.233. The SMILES string of the molecule is CCCc1ccc(-c2nc(NC(=O)c3csc(CCN)n3)sc2C)cc1.Cl. The number of rotatable bonds is 7. The van der Waals surface area contributed by atoms with E-state index in [0.29, 0.717) is 23.8 Å². The molecule has 0 saturated heterocycles. The lowest BCUT2D eigenvalue weighted by atomic mass is 10.1. The number of halogens is 1. The number of hydrogen-bond acceptors (Lipinski definition) is 6. The molecule has 0 aliphatic rings. The summed E-state index contributed by atoms with van der Waals surface area (Å²) in [6.07, 6.45) is 2.90. The fraction of sp³-hybridized carbons (Fsp3) is 0.316. The maximum atomic E-state index is 12.4. The molecule has 1 aromatic carbocycles. The number of nitrogens with zero attached hydrogens (tertiary/aromatic N) is 2. The van der Waals surface area contributed by atoms with E-state index in [1.54, 1.807) is 5.38 Å². The molecule has 0 bridgehead atoms. The van der Waals surface area contributed by atoms with E-state index in [1.165, 1.54) is 28.2 Å². The Balaban J connectivity index is 0.00000261. The number of anilines is 1. The van der Waals surface area contributed by atoms with E-state index >= 15 is 0 Å². The number of thiazole rings is 2. The first-order valence-electron chi connectivity index (χ1n) is 8.63. The first-order chi connectivity index (χ1) is 12.6. The van der Waals surface area contributed by atoms with Crippen LogP contribution in [0, 0.1) is 6.92 Å². The molecule has 27 heavy (non-hydrogen) atoms. The third kappa shape index (κ3) is 5.35. The summed E-state index contributed by atoms with van der Waals surface area (Å²) in [7, 11) is 0. The molecule has 2 aromatic heterocycles. The van der Waals surface area contributed by atoms with E-state index < -0.39 is 0 Å². The number of aryl methyl sites for hydroxylation is 2. The first-order valence-corrected chi connectivity index (χ1v) is 10.3. The number of benzene rings is 1. The Morgan fingerprint density at radius 1 is 1.19 bits per heavy atom. The lowest BCUT2D eigenvalue weighted by Crippen LogP contribution is -2.12. The molecule has 0 spiro atoms.